The average molecular weight is 260 g/mol. The van der Waals surface area contributed by atoms with Crippen LogP contribution in [0.4, 0.5) is 26.3 Å². The minimum Gasteiger partial charge on any atom is -0.206 e. The van der Waals surface area contributed by atoms with Gasteiger partial charge in [0, 0.05) is 6.42 Å². The Bertz CT molecular complexity index is 296. The molecule has 17 heavy (non-hydrogen) atoms. The Morgan fingerprint density at radius 3 is 1.94 bits per heavy atom. The van der Waals surface area contributed by atoms with Crippen molar-refractivity contribution in [2.45, 2.75) is 32.9 Å². The fourth-order valence-electron chi connectivity index (χ4n) is 1.36. The molecule has 0 fully saturated rings. The first kappa shape index (κ1) is 16.1. The Balaban J connectivity index is 5.11. The zero-order valence-electron chi connectivity index (χ0n) is 9.54. The van der Waals surface area contributed by atoms with Gasteiger partial charge in [0.25, 0.3) is 0 Å². The number of alkyl halides is 3. The van der Waals surface area contributed by atoms with Gasteiger partial charge in [-0.05, 0) is 12.3 Å². The summed E-state index contributed by atoms with van der Waals surface area (Å²) in [7, 11) is 0. The maximum absolute atomic E-state index is 12.7. The number of allylic oxidation sites excluding steroid dienone is 2. The van der Waals surface area contributed by atoms with Gasteiger partial charge in [-0.2, -0.15) is 22.0 Å². The average Bonchev–Trinajstić information content (AvgIpc) is 2.14. The summed E-state index contributed by atoms with van der Waals surface area (Å²) in [5.74, 6) is -3.10. The summed E-state index contributed by atoms with van der Waals surface area (Å²) in [6, 6.07) is 0. The minimum atomic E-state index is -4.59. The second-order valence-corrected chi connectivity index (χ2v) is 4.31. The summed E-state index contributed by atoms with van der Waals surface area (Å²) in [6.45, 7) is 4.99. The molecule has 1 unspecified atom stereocenters. The smallest absolute Gasteiger partial charge is 0.206 e. The molecule has 0 rings (SSSR count). The van der Waals surface area contributed by atoms with E-state index in [1.54, 1.807) is 0 Å². The molecule has 0 saturated heterocycles. The van der Waals surface area contributed by atoms with Crippen LogP contribution in [0.3, 0.4) is 0 Å². The minimum absolute atomic E-state index is 0.187. The maximum Gasteiger partial charge on any atom is 0.394 e. The van der Waals surface area contributed by atoms with Crippen LogP contribution in [0.15, 0.2) is 24.6 Å². The van der Waals surface area contributed by atoms with E-state index in [9.17, 15) is 26.3 Å². The van der Waals surface area contributed by atoms with Crippen molar-refractivity contribution in [3.8, 4) is 0 Å². The number of hydrogen-bond donors (Lipinski definition) is 0. The van der Waals surface area contributed by atoms with E-state index < -0.39 is 35.8 Å². The van der Waals surface area contributed by atoms with Crippen LogP contribution >= 0.6 is 0 Å². The van der Waals surface area contributed by atoms with Crippen LogP contribution < -0.4 is 0 Å². The summed E-state index contributed by atoms with van der Waals surface area (Å²) in [4.78, 5) is 0. The van der Waals surface area contributed by atoms with E-state index in [1.165, 1.54) is 6.08 Å². The quantitative estimate of drug-likeness (QED) is 0.468. The van der Waals surface area contributed by atoms with Crippen LogP contribution in [-0.4, -0.2) is 6.18 Å². The van der Waals surface area contributed by atoms with Crippen LogP contribution in [-0.2, 0) is 0 Å². The molecule has 0 aliphatic carbocycles. The Kier molecular flexibility index (Phi) is 5.29. The van der Waals surface area contributed by atoms with Crippen LogP contribution in [0.5, 0.6) is 0 Å². The molecule has 0 bridgehead atoms. The van der Waals surface area contributed by atoms with Gasteiger partial charge >= 0.3 is 12.3 Å². The van der Waals surface area contributed by atoms with E-state index in [1.807, 2.05) is 0 Å². The molecule has 0 radical (unpaired) electrons. The predicted octanol–water partition coefficient (Wildman–Crippen LogP) is 5.23. The third-order valence-electron chi connectivity index (χ3n) is 2.83. The molecule has 0 aromatic heterocycles. The highest BCUT2D eigenvalue weighted by atomic mass is 19.4. The number of hydrogen-bond acceptors (Lipinski definition) is 0. The van der Waals surface area contributed by atoms with Crippen molar-refractivity contribution < 1.29 is 26.3 Å². The Labute approximate surface area is 96.0 Å². The molecule has 0 aliphatic rings. The molecule has 0 aromatic carbocycles. The summed E-state index contributed by atoms with van der Waals surface area (Å²) in [5.41, 5.74) is -2.26. The first-order valence-electron chi connectivity index (χ1n) is 4.91. The fraction of sp³-hybridized carbons (Fsp3) is 0.636. The lowest BCUT2D eigenvalue weighted by Crippen LogP contribution is -2.39. The van der Waals surface area contributed by atoms with E-state index in [4.69, 9.17) is 0 Å². The van der Waals surface area contributed by atoms with Gasteiger partial charge in [0.2, 0.25) is 0 Å². The van der Waals surface area contributed by atoms with Crippen molar-refractivity contribution >= 4 is 0 Å². The van der Waals surface area contributed by atoms with Gasteiger partial charge in [-0.15, -0.1) is 6.58 Å². The molecule has 1 atom stereocenters. The molecule has 0 aliphatic heterocycles. The second-order valence-electron chi connectivity index (χ2n) is 4.31. The van der Waals surface area contributed by atoms with Gasteiger partial charge in [-0.1, -0.05) is 19.9 Å². The molecule has 6 heteroatoms. The highest BCUT2D eigenvalue weighted by molar-refractivity contribution is 4.99. The van der Waals surface area contributed by atoms with Gasteiger partial charge in [-0.3, -0.25) is 0 Å². The van der Waals surface area contributed by atoms with Gasteiger partial charge < -0.3 is 0 Å². The first-order valence-corrected chi connectivity index (χ1v) is 4.91. The van der Waals surface area contributed by atoms with Crippen molar-refractivity contribution in [1.82, 2.24) is 0 Å². The van der Waals surface area contributed by atoms with Crippen LogP contribution in [0.25, 0.3) is 0 Å². The molecule has 100 valence electrons. The van der Waals surface area contributed by atoms with Crippen molar-refractivity contribution in [3.63, 3.8) is 0 Å². The van der Waals surface area contributed by atoms with E-state index >= 15 is 0 Å². The van der Waals surface area contributed by atoms with Crippen molar-refractivity contribution in [2.24, 2.45) is 11.3 Å². The maximum atomic E-state index is 12.7. The molecule has 0 nitrogen and oxygen atoms in total. The lowest BCUT2D eigenvalue weighted by molar-refractivity contribution is -0.229. The number of rotatable bonds is 5. The monoisotopic (exact) mass is 260 g/mol. The van der Waals surface area contributed by atoms with Crippen LogP contribution in [0.1, 0.15) is 26.7 Å². The zero-order valence-corrected chi connectivity index (χ0v) is 9.54. The van der Waals surface area contributed by atoms with Crippen LogP contribution in [0, 0.1) is 11.3 Å². The van der Waals surface area contributed by atoms with E-state index in [2.05, 4.69) is 6.58 Å². The SMILES string of the molecule is C=CCC(CC(F)=C(F)F)C(C)(C)C(F)(F)F. The lowest BCUT2D eigenvalue weighted by Gasteiger charge is -2.35. The van der Waals surface area contributed by atoms with Gasteiger partial charge in [-0.25, -0.2) is 4.39 Å². The highest BCUT2D eigenvalue weighted by Gasteiger charge is 2.51. The molecular formula is C11H14F6. The van der Waals surface area contributed by atoms with Gasteiger partial charge in [0.05, 0.1) is 5.41 Å². The third-order valence-corrected chi connectivity index (χ3v) is 2.83. The summed E-state index contributed by atoms with van der Waals surface area (Å²) < 4.78 is 74.7. The normalized spacial score (nSPS) is 14.4. The first-order chi connectivity index (χ1) is 7.54. The second kappa shape index (κ2) is 5.60. The van der Waals surface area contributed by atoms with Gasteiger partial charge in [0.1, 0.15) is 0 Å². The summed E-state index contributed by atoms with van der Waals surface area (Å²) >= 11 is 0. The number of halogens is 6. The highest BCUT2D eigenvalue weighted by Crippen LogP contribution is 2.47. The largest absolute Gasteiger partial charge is 0.394 e. The molecule has 0 N–H and O–H groups in total. The molecule has 0 amide bonds. The predicted molar refractivity (Wildman–Crippen MR) is 53.1 cm³/mol. The topological polar surface area (TPSA) is 0 Å². The van der Waals surface area contributed by atoms with E-state index in [-0.39, 0.29) is 6.42 Å². The summed E-state index contributed by atoms with van der Waals surface area (Å²) in [6.07, 6.45) is -7.12. The van der Waals surface area contributed by atoms with Crippen molar-refractivity contribution in [3.05, 3.63) is 24.6 Å². The molecular weight excluding hydrogens is 246 g/mol. The third kappa shape index (κ3) is 4.09. The molecule has 0 heterocycles. The zero-order chi connectivity index (χ0) is 13.9. The fourth-order valence-corrected chi connectivity index (χ4v) is 1.36. The van der Waals surface area contributed by atoms with Gasteiger partial charge in [0.15, 0.2) is 5.83 Å². The summed E-state index contributed by atoms with van der Waals surface area (Å²) in [5, 5.41) is 0. The Morgan fingerprint density at radius 1 is 1.18 bits per heavy atom. The lowest BCUT2D eigenvalue weighted by atomic mass is 9.74. The van der Waals surface area contributed by atoms with Crippen molar-refractivity contribution in [1.29, 1.82) is 0 Å². The van der Waals surface area contributed by atoms with E-state index in [0.29, 0.717) is 0 Å². The molecule has 0 aromatic rings. The standard InChI is InChI=1S/C11H14F6/c1-4-5-7(6-8(12)9(13)14)10(2,3)11(15,16)17/h4,7H,1,5-6H2,2-3H3. The van der Waals surface area contributed by atoms with Crippen LogP contribution in [0.2, 0.25) is 0 Å². The molecule has 0 spiro atoms. The van der Waals surface area contributed by atoms with E-state index in [0.717, 1.165) is 13.8 Å². The van der Waals surface area contributed by atoms with Crippen molar-refractivity contribution in [2.75, 3.05) is 0 Å². The Hall–Kier alpha value is -0.940. The Morgan fingerprint density at radius 2 is 1.65 bits per heavy atom. The molecule has 0 saturated carbocycles.